The number of benzene rings is 6. The summed E-state index contributed by atoms with van der Waals surface area (Å²) in [6.07, 6.45) is -0.748. The molecule has 1 aliphatic carbocycles. The van der Waals surface area contributed by atoms with Gasteiger partial charge in [-0.05, 0) is 115 Å². The van der Waals surface area contributed by atoms with E-state index in [0.29, 0.717) is 93.3 Å². The number of rotatable bonds is 11. The Kier molecular flexibility index (Phi) is 14.7. The van der Waals surface area contributed by atoms with Crippen LogP contribution in [0.5, 0.6) is 69.0 Å². The van der Waals surface area contributed by atoms with Gasteiger partial charge in [0.05, 0.1) is 67.4 Å². The van der Waals surface area contributed by atoms with Gasteiger partial charge in [-0.3, -0.25) is 14.4 Å². The molecular weight excluding hydrogens is 977 g/mol. The maximum atomic E-state index is 12.1. The van der Waals surface area contributed by atoms with Crippen molar-refractivity contribution < 1.29 is 76.3 Å². The highest BCUT2D eigenvalue weighted by atomic mass is 16.6. The molecular formula is C60H62O16. The molecule has 6 aromatic rings. The molecule has 16 heteroatoms. The quantitative estimate of drug-likeness (QED) is 0.0955. The van der Waals surface area contributed by atoms with Crippen LogP contribution >= 0.6 is 0 Å². The van der Waals surface area contributed by atoms with Crippen molar-refractivity contribution in [2.45, 2.75) is 76.7 Å². The van der Waals surface area contributed by atoms with Gasteiger partial charge in [-0.2, -0.15) is 0 Å². The standard InChI is InChI=1S/C40H40O10.C20H22O6/c1-20-30(49-22(3)41)13-10-25-36-28(18-47-38(20)25)27-16-34(45-7)35(46-8)17-29(27)40(24-9-12-32(43-5)33(15-24)44-6)19-48-39-21(2)31(50-23(4)42)14-11-26(39)37(36)40;1-11-16(26-12(2)21)8-6-14-19(22)15(10-25-20(11)14)13-5-7-17(23-3)18(9-13)24-4/h9-17,28,36-37H,18-19H2,1-8H3;5-9,15,19,22H,10H2,1-4H3. The zero-order valence-corrected chi connectivity index (χ0v) is 44.7. The summed E-state index contributed by atoms with van der Waals surface area (Å²) in [6, 6.07) is 26.8. The molecule has 16 nitrogen and oxygen atoms in total. The molecule has 0 bridgehead atoms. The number of aliphatic hydroxyl groups is 1. The Bertz CT molecular complexity index is 3250. The van der Waals surface area contributed by atoms with E-state index in [9.17, 15) is 19.5 Å². The van der Waals surface area contributed by atoms with Crippen LogP contribution in [0.3, 0.4) is 0 Å². The van der Waals surface area contributed by atoms with Gasteiger partial charge < -0.3 is 61.9 Å². The number of carbonyl (C=O) groups is 3. The number of esters is 3. The van der Waals surface area contributed by atoms with Gasteiger partial charge in [-0.25, -0.2) is 0 Å². The van der Waals surface area contributed by atoms with Crippen LogP contribution in [-0.2, 0) is 19.8 Å². The van der Waals surface area contributed by atoms with Crippen molar-refractivity contribution in [3.05, 3.63) is 141 Å². The monoisotopic (exact) mass is 1040 g/mol. The number of aliphatic hydroxyl groups excluding tert-OH is 1. The lowest BCUT2D eigenvalue weighted by Crippen LogP contribution is -2.52. The molecule has 0 aromatic heterocycles. The van der Waals surface area contributed by atoms with E-state index in [-0.39, 0.29) is 30.3 Å². The van der Waals surface area contributed by atoms with Gasteiger partial charge in [0.1, 0.15) is 41.1 Å². The second kappa shape index (κ2) is 21.3. The van der Waals surface area contributed by atoms with Gasteiger partial charge in [-0.15, -0.1) is 0 Å². The first-order chi connectivity index (χ1) is 36.5. The van der Waals surface area contributed by atoms with Crippen LogP contribution in [0.15, 0.2) is 84.9 Å². The number of fused-ring (bicyclic) bond motifs is 11. The third-order valence-electron chi connectivity index (χ3n) is 15.1. The van der Waals surface area contributed by atoms with Crippen molar-refractivity contribution >= 4 is 17.9 Å². The van der Waals surface area contributed by atoms with E-state index < -0.39 is 29.4 Å². The molecule has 1 N–H and O–H groups in total. The molecule has 0 saturated carbocycles. The Hall–Kier alpha value is -8.11. The smallest absolute Gasteiger partial charge is 0.308 e. The first-order valence-corrected chi connectivity index (χ1v) is 24.8. The summed E-state index contributed by atoms with van der Waals surface area (Å²) in [5.41, 5.74) is 7.92. The average Bonchev–Trinajstić information content (AvgIpc) is 3.55. The predicted molar refractivity (Wildman–Crippen MR) is 279 cm³/mol. The maximum absolute atomic E-state index is 12.1. The fourth-order valence-corrected chi connectivity index (χ4v) is 11.6. The number of carbonyl (C=O) groups excluding carboxylic acids is 3. The number of hydrogen-bond donors (Lipinski definition) is 1. The number of ether oxygens (including phenoxy) is 12. The molecule has 3 aliphatic heterocycles. The fourth-order valence-electron chi connectivity index (χ4n) is 11.6. The lowest BCUT2D eigenvalue weighted by Gasteiger charge is -2.56. The minimum atomic E-state index is -0.797. The van der Waals surface area contributed by atoms with Crippen molar-refractivity contribution in [3.63, 3.8) is 0 Å². The summed E-state index contributed by atoms with van der Waals surface area (Å²) in [5.74, 6) is 4.94. The summed E-state index contributed by atoms with van der Waals surface area (Å²) in [7, 11) is 9.66. The lowest BCUT2D eigenvalue weighted by atomic mass is 9.49. The Labute approximate surface area is 441 Å². The van der Waals surface area contributed by atoms with Crippen molar-refractivity contribution in [2.24, 2.45) is 0 Å². The van der Waals surface area contributed by atoms with E-state index in [4.69, 9.17) is 56.8 Å². The average molecular weight is 1040 g/mol. The zero-order chi connectivity index (χ0) is 54.3. The van der Waals surface area contributed by atoms with E-state index in [1.54, 1.807) is 61.7 Å². The Morgan fingerprint density at radius 1 is 0.474 bits per heavy atom. The molecule has 6 atom stereocenters. The van der Waals surface area contributed by atoms with Crippen LogP contribution in [0, 0.1) is 20.8 Å². The van der Waals surface area contributed by atoms with E-state index in [1.807, 2.05) is 68.4 Å². The molecule has 3 heterocycles. The van der Waals surface area contributed by atoms with Gasteiger partial charge in [0.2, 0.25) is 0 Å². The summed E-state index contributed by atoms with van der Waals surface area (Å²) < 4.78 is 69.6. The van der Waals surface area contributed by atoms with Gasteiger partial charge in [0, 0.05) is 66.7 Å². The van der Waals surface area contributed by atoms with Crippen molar-refractivity contribution in [1.82, 2.24) is 0 Å². The molecule has 6 unspecified atom stereocenters. The second-order valence-electron chi connectivity index (χ2n) is 19.1. The van der Waals surface area contributed by atoms with E-state index in [2.05, 4.69) is 18.2 Å². The first kappa shape index (κ1) is 52.7. The SMILES string of the molecule is COc1ccc(C23COc4c(ccc(OC(C)=O)c4C)C2C2c4ccc(OC(C)=O)c(C)c4OCC2c2cc(OC)c(OC)cc23)cc1OC.COc1ccc(C2COc3c(ccc(OC(C)=O)c3C)C2O)cc1OC. The number of methoxy groups -OCH3 is 6. The third-order valence-corrected chi connectivity index (χ3v) is 15.1. The summed E-state index contributed by atoms with van der Waals surface area (Å²) in [4.78, 5) is 35.3. The third kappa shape index (κ3) is 9.07. The molecule has 398 valence electrons. The van der Waals surface area contributed by atoms with Crippen LogP contribution in [-0.4, -0.2) is 85.5 Å². The Morgan fingerprint density at radius 3 is 1.45 bits per heavy atom. The molecule has 0 fully saturated rings. The van der Waals surface area contributed by atoms with Crippen molar-refractivity contribution in [2.75, 3.05) is 62.5 Å². The van der Waals surface area contributed by atoms with Gasteiger partial charge >= 0.3 is 17.9 Å². The van der Waals surface area contributed by atoms with Crippen LogP contribution in [0.1, 0.15) is 106 Å². The largest absolute Gasteiger partial charge is 0.493 e. The summed E-state index contributed by atoms with van der Waals surface area (Å²) in [6.45, 7) is 10.7. The van der Waals surface area contributed by atoms with Crippen molar-refractivity contribution in [3.8, 4) is 69.0 Å². The zero-order valence-electron chi connectivity index (χ0n) is 44.7. The van der Waals surface area contributed by atoms with Crippen LogP contribution in [0.2, 0.25) is 0 Å². The molecule has 4 aliphatic rings. The molecule has 0 amide bonds. The van der Waals surface area contributed by atoms with E-state index in [0.717, 1.165) is 44.5 Å². The minimum Gasteiger partial charge on any atom is -0.493 e. The second-order valence-corrected chi connectivity index (χ2v) is 19.1. The van der Waals surface area contributed by atoms with Crippen LogP contribution in [0.25, 0.3) is 0 Å². The Morgan fingerprint density at radius 2 is 0.908 bits per heavy atom. The highest BCUT2D eigenvalue weighted by molar-refractivity contribution is 5.74. The number of hydrogen-bond acceptors (Lipinski definition) is 16. The molecule has 6 aromatic carbocycles. The molecule has 0 spiro atoms. The minimum absolute atomic E-state index is 0.117. The first-order valence-electron chi connectivity index (χ1n) is 24.8. The highest BCUT2D eigenvalue weighted by Gasteiger charge is 2.60. The molecule has 0 saturated heterocycles. The fraction of sp³-hybridized carbons (Fsp3) is 0.350. The van der Waals surface area contributed by atoms with Gasteiger partial charge in [0.25, 0.3) is 0 Å². The summed E-state index contributed by atoms with van der Waals surface area (Å²) in [5, 5.41) is 10.9. The lowest BCUT2D eigenvalue weighted by molar-refractivity contribution is -0.132. The van der Waals surface area contributed by atoms with Gasteiger partial charge in [0.15, 0.2) is 34.5 Å². The molecule has 76 heavy (non-hydrogen) atoms. The Balaban J connectivity index is 0.000000228. The van der Waals surface area contributed by atoms with E-state index in [1.165, 1.54) is 20.8 Å². The predicted octanol–water partition coefficient (Wildman–Crippen LogP) is 10.1. The summed E-state index contributed by atoms with van der Waals surface area (Å²) >= 11 is 0. The highest BCUT2D eigenvalue weighted by Crippen LogP contribution is 2.68. The normalized spacial score (nSPS) is 20.1. The molecule has 10 rings (SSSR count). The van der Waals surface area contributed by atoms with E-state index >= 15 is 0 Å². The molecule has 0 radical (unpaired) electrons. The maximum Gasteiger partial charge on any atom is 0.308 e. The topological polar surface area (TPSA) is 182 Å². The van der Waals surface area contributed by atoms with Crippen LogP contribution in [0.4, 0.5) is 0 Å². The van der Waals surface area contributed by atoms with Crippen LogP contribution < -0.4 is 56.8 Å². The van der Waals surface area contributed by atoms with Crippen molar-refractivity contribution in [1.29, 1.82) is 0 Å². The van der Waals surface area contributed by atoms with Gasteiger partial charge in [-0.1, -0.05) is 24.3 Å².